The SMILES string of the molecule is CCOc1ccccc1Oc1ccc(C(=O)O)c(N)c1. The van der Waals surface area contributed by atoms with Crippen LogP contribution in [0.3, 0.4) is 0 Å². The van der Waals surface area contributed by atoms with Crippen LogP contribution in [0.2, 0.25) is 0 Å². The summed E-state index contributed by atoms with van der Waals surface area (Å²) in [5, 5.41) is 8.92. The van der Waals surface area contributed by atoms with Crippen molar-refractivity contribution in [3.05, 3.63) is 48.0 Å². The molecule has 0 spiro atoms. The van der Waals surface area contributed by atoms with Crippen LogP contribution in [0.4, 0.5) is 5.69 Å². The van der Waals surface area contributed by atoms with Crippen molar-refractivity contribution in [1.29, 1.82) is 0 Å². The molecule has 3 N–H and O–H groups in total. The van der Waals surface area contributed by atoms with Crippen molar-refractivity contribution in [1.82, 2.24) is 0 Å². The minimum absolute atomic E-state index is 0.0513. The molecule has 0 saturated carbocycles. The van der Waals surface area contributed by atoms with Gasteiger partial charge in [-0.2, -0.15) is 0 Å². The molecule has 0 amide bonds. The number of para-hydroxylation sites is 2. The molecular formula is C15H15NO4. The summed E-state index contributed by atoms with van der Waals surface area (Å²) >= 11 is 0. The van der Waals surface area contributed by atoms with E-state index >= 15 is 0 Å². The molecule has 0 radical (unpaired) electrons. The van der Waals surface area contributed by atoms with Gasteiger partial charge in [0.05, 0.1) is 12.2 Å². The highest BCUT2D eigenvalue weighted by atomic mass is 16.5. The molecule has 5 heteroatoms. The molecule has 5 nitrogen and oxygen atoms in total. The van der Waals surface area contributed by atoms with Gasteiger partial charge >= 0.3 is 5.97 Å². The van der Waals surface area contributed by atoms with E-state index in [0.717, 1.165) is 0 Å². The number of carbonyl (C=O) groups is 1. The quantitative estimate of drug-likeness (QED) is 0.818. The average molecular weight is 273 g/mol. The van der Waals surface area contributed by atoms with Gasteiger partial charge in [0.1, 0.15) is 5.75 Å². The van der Waals surface area contributed by atoms with Crippen molar-refractivity contribution in [2.75, 3.05) is 12.3 Å². The normalized spacial score (nSPS) is 10.1. The average Bonchev–Trinajstić information content (AvgIpc) is 2.41. The van der Waals surface area contributed by atoms with Gasteiger partial charge in [-0.1, -0.05) is 12.1 Å². The number of hydrogen-bond donors (Lipinski definition) is 2. The van der Waals surface area contributed by atoms with Gasteiger partial charge in [-0.05, 0) is 31.2 Å². The Hall–Kier alpha value is -2.69. The summed E-state index contributed by atoms with van der Waals surface area (Å²) in [5.41, 5.74) is 5.89. The molecule has 0 fully saturated rings. The Morgan fingerprint density at radius 2 is 1.90 bits per heavy atom. The van der Waals surface area contributed by atoms with Gasteiger partial charge in [-0.25, -0.2) is 4.79 Å². The molecule has 0 heterocycles. The first-order chi connectivity index (χ1) is 9.61. The molecule has 0 saturated heterocycles. The Kier molecular flexibility index (Phi) is 4.10. The minimum Gasteiger partial charge on any atom is -0.490 e. The predicted octanol–water partition coefficient (Wildman–Crippen LogP) is 3.16. The third kappa shape index (κ3) is 3.00. The molecule has 0 bridgehead atoms. The van der Waals surface area contributed by atoms with Crippen molar-refractivity contribution in [3.63, 3.8) is 0 Å². The van der Waals surface area contributed by atoms with Crippen molar-refractivity contribution in [3.8, 4) is 17.2 Å². The number of carboxylic acids is 1. The number of anilines is 1. The van der Waals surface area contributed by atoms with Crippen LogP contribution in [-0.4, -0.2) is 17.7 Å². The Morgan fingerprint density at radius 3 is 2.50 bits per heavy atom. The number of carboxylic acid groups (broad SMARTS) is 1. The van der Waals surface area contributed by atoms with Gasteiger partial charge in [0.15, 0.2) is 11.5 Å². The topological polar surface area (TPSA) is 81.8 Å². The molecule has 0 aliphatic heterocycles. The maximum Gasteiger partial charge on any atom is 0.337 e. The third-order valence-corrected chi connectivity index (χ3v) is 2.63. The highest BCUT2D eigenvalue weighted by Crippen LogP contribution is 2.32. The fourth-order valence-electron chi connectivity index (χ4n) is 1.74. The zero-order valence-corrected chi connectivity index (χ0v) is 11.0. The van der Waals surface area contributed by atoms with Gasteiger partial charge in [-0.15, -0.1) is 0 Å². The fraction of sp³-hybridized carbons (Fsp3) is 0.133. The summed E-state index contributed by atoms with van der Waals surface area (Å²) in [4.78, 5) is 10.9. The first-order valence-corrected chi connectivity index (χ1v) is 6.14. The molecule has 0 aromatic heterocycles. The van der Waals surface area contributed by atoms with E-state index in [1.54, 1.807) is 18.2 Å². The summed E-state index contributed by atoms with van der Waals surface area (Å²) < 4.78 is 11.1. The lowest BCUT2D eigenvalue weighted by molar-refractivity contribution is 0.0698. The van der Waals surface area contributed by atoms with E-state index in [2.05, 4.69) is 0 Å². The molecule has 20 heavy (non-hydrogen) atoms. The van der Waals surface area contributed by atoms with Crippen molar-refractivity contribution >= 4 is 11.7 Å². The molecule has 0 atom stereocenters. The van der Waals surface area contributed by atoms with Crippen LogP contribution >= 0.6 is 0 Å². The largest absolute Gasteiger partial charge is 0.490 e. The van der Waals surface area contributed by atoms with E-state index in [1.807, 2.05) is 19.1 Å². The number of aromatic carboxylic acids is 1. The number of ether oxygens (including phenoxy) is 2. The van der Waals surface area contributed by atoms with E-state index in [-0.39, 0.29) is 11.3 Å². The Bertz CT molecular complexity index is 625. The lowest BCUT2D eigenvalue weighted by Gasteiger charge is -2.12. The second-order valence-corrected chi connectivity index (χ2v) is 4.04. The standard InChI is InChI=1S/C15H15NO4/c1-2-19-13-5-3-4-6-14(13)20-10-7-8-11(15(17)18)12(16)9-10/h3-9H,2,16H2,1H3,(H,17,18). The van der Waals surface area contributed by atoms with Crippen LogP contribution in [0.15, 0.2) is 42.5 Å². The smallest absolute Gasteiger partial charge is 0.337 e. The first-order valence-electron chi connectivity index (χ1n) is 6.14. The van der Waals surface area contributed by atoms with E-state index in [9.17, 15) is 4.79 Å². The predicted molar refractivity (Wildman–Crippen MR) is 75.5 cm³/mol. The van der Waals surface area contributed by atoms with Gasteiger partial charge in [0.25, 0.3) is 0 Å². The number of hydrogen-bond acceptors (Lipinski definition) is 4. The van der Waals surface area contributed by atoms with Gasteiger partial charge in [-0.3, -0.25) is 0 Å². The van der Waals surface area contributed by atoms with E-state index in [4.69, 9.17) is 20.3 Å². The summed E-state index contributed by atoms with van der Waals surface area (Å²) in [6.45, 7) is 2.41. The molecule has 0 aliphatic carbocycles. The van der Waals surface area contributed by atoms with Crippen molar-refractivity contribution in [2.24, 2.45) is 0 Å². The molecule has 2 rings (SSSR count). The van der Waals surface area contributed by atoms with Gasteiger partial charge in [0, 0.05) is 11.8 Å². The Balaban J connectivity index is 2.26. The zero-order chi connectivity index (χ0) is 14.5. The summed E-state index contributed by atoms with van der Waals surface area (Å²) in [5.74, 6) is 0.566. The van der Waals surface area contributed by atoms with Crippen molar-refractivity contribution < 1.29 is 19.4 Å². The summed E-state index contributed by atoms with van der Waals surface area (Å²) in [6, 6.07) is 11.7. The molecular weight excluding hydrogens is 258 g/mol. The zero-order valence-electron chi connectivity index (χ0n) is 11.0. The Labute approximate surface area is 116 Å². The summed E-state index contributed by atoms with van der Waals surface area (Å²) in [6.07, 6.45) is 0. The number of benzene rings is 2. The van der Waals surface area contributed by atoms with E-state index < -0.39 is 5.97 Å². The maximum atomic E-state index is 10.9. The Morgan fingerprint density at radius 1 is 1.20 bits per heavy atom. The van der Waals surface area contributed by atoms with E-state index in [0.29, 0.717) is 23.9 Å². The van der Waals surface area contributed by atoms with Crippen LogP contribution in [0.5, 0.6) is 17.2 Å². The van der Waals surface area contributed by atoms with E-state index in [1.165, 1.54) is 12.1 Å². The molecule has 2 aromatic carbocycles. The van der Waals surface area contributed by atoms with Crippen LogP contribution in [0.25, 0.3) is 0 Å². The lowest BCUT2D eigenvalue weighted by Crippen LogP contribution is -2.02. The molecule has 104 valence electrons. The van der Waals surface area contributed by atoms with Gasteiger partial charge in [0.2, 0.25) is 0 Å². The van der Waals surface area contributed by atoms with Gasteiger partial charge < -0.3 is 20.3 Å². The number of nitrogen functional groups attached to an aromatic ring is 1. The molecule has 0 unspecified atom stereocenters. The third-order valence-electron chi connectivity index (χ3n) is 2.63. The first kappa shape index (κ1) is 13.7. The highest BCUT2D eigenvalue weighted by Gasteiger charge is 2.10. The second kappa shape index (κ2) is 5.97. The minimum atomic E-state index is -1.07. The highest BCUT2D eigenvalue weighted by molar-refractivity contribution is 5.93. The van der Waals surface area contributed by atoms with Crippen molar-refractivity contribution in [2.45, 2.75) is 6.92 Å². The lowest BCUT2D eigenvalue weighted by atomic mass is 10.2. The fourth-order valence-corrected chi connectivity index (χ4v) is 1.74. The molecule has 0 aliphatic rings. The number of nitrogens with two attached hydrogens (primary N) is 1. The van der Waals surface area contributed by atoms with Crippen LogP contribution < -0.4 is 15.2 Å². The molecule has 2 aromatic rings. The number of rotatable bonds is 5. The van der Waals surface area contributed by atoms with Crippen LogP contribution in [0, 0.1) is 0 Å². The van der Waals surface area contributed by atoms with Crippen LogP contribution in [0.1, 0.15) is 17.3 Å². The monoisotopic (exact) mass is 273 g/mol. The second-order valence-electron chi connectivity index (χ2n) is 4.04. The van der Waals surface area contributed by atoms with Crippen LogP contribution in [-0.2, 0) is 0 Å². The maximum absolute atomic E-state index is 10.9. The summed E-state index contributed by atoms with van der Waals surface area (Å²) in [7, 11) is 0.